The summed E-state index contributed by atoms with van der Waals surface area (Å²) < 4.78 is 5.45. The molecule has 0 aliphatic carbocycles. The molecule has 0 bridgehead atoms. The molecule has 1 unspecified atom stereocenters. The Hall–Kier alpha value is -0.420. The molecule has 5 heteroatoms. The summed E-state index contributed by atoms with van der Waals surface area (Å²) in [6, 6.07) is 9.55. The van der Waals surface area contributed by atoms with Gasteiger partial charge in [-0.3, -0.25) is 0 Å². The molecule has 0 radical (unpaired) electrons. The van der Waals surface area contributed by atoms with E-state index in [1.54, 1.807) is 0 Å². The van der Waals surface area contributed by atoms with E-state index >= 15 is 0 Å². The van der Waals surface area contributed by atoms with Gasteiger partial charge in [0.1, 0.15) is 18.5 Å². The average molecular weight is 292 g/mol. The number of para-hydroxylation sites is 1. The molecule has 0 saturated carbocycles. The number of nitrogens with one attached hydrogen (secondary N) is 1. The second-order valence-electron chi connectivity index (χ2n) is 3.68. The van der Waals surface area contributed by atoms with Crippen molar-refractivity contribution in [1.82, 2.24) is 5.32 Å². The summed E-state index contributed by atoms with van der Waals surface area (Å²) in [7, 11) is 0. The van der Waals surface area contributed by atoms with E-state index in [9.17, 15) is 5.11 Å². The highest BCUT2D eigenvalue weighted by Gasteiger charge is 2.04. The minimum Gasteiger partial charge on any atom is -0.491 e. The van der Waals surface area contributed by atoms with E-state index < -0.39 is 6.10 Å². The van der Waals surface area contributed by atoms with Crippen LogP contribution in [0.4, 0.5) is 0 Å². The van der Waals surface area contributed by atoms with Crippen molar-refractivity contribution in [3.8, 4) is 5.75 Å². The molecule has 1 aromatic rings. The van der Waals surface area contributed by atoms with E-state index in [0.717, 1.165) is 23.8 Å². The Morgan fingerprint density at radius 2 is 2.06 bits per heavy atom. The largest absolute Gasteiger partial charge is 0.491 e. The number of rotatable bonds is 9. The maximum atomic E-state index is 9.67. The highest BCUT2D eigenvalue weighted by atomic mass is 35.5. The van der Waals surface area contributed by atoms with Gasteiger partial charge in [0.05, 0.1) is 0 Å². The maximum Gasteiger partial charge on any atom is 0.119 e. The summed E-state index contributed by atoms with van der Waals surface area (Å²) >= 11 is 1.89. The highest BCUT2D eigenvalue weighted by Crippen LogP contribution is 2.08. The third-order valence-corrected chi connectivity index (χ3v) is 3.09. The Morgan fingerprint density at radius 3 is 2.72 bits per heavy atom. The van der Waals surface area contributed by atoms with Gasteiger partial charge in [-0.2, -0.15) is 11.8 Å². The molecule has 0 heterocycles. The lowest BCUT2D eigenvalue weighted by atomic mass is 10.3. The van der Waals surface area contributed by atoms with E-state index in [4.69, 9.17) is 4.74 Å². The van der Waals surface area contributed by atoms with Crippen LogP contribution >= 0.6 is 24.2 Å². The zero-order chi connectivity index (χ0) is 12.3. The van der Waals surface area contributed by atoms with Crippen LogP contribution in [-0.4, -0.2) is 42.4 Å². The third kappa shape index (κ3) is 8.64. The molecule has 2 N–H and O–H groups in total. The summed E-state index contributed by atoms with van der Waals surface area (Å²) in [5.41, 5.74) is 0. The standard InChI is InChI=1S/C13H21NO2S.ClH/c1-2-17-9-8-14-10-12(15)11-16-13-6-4-3-5-7-13;/h3-7,12,14-15H,2,8-11H2,1H3;1H. The predicted molar refractivity (Wildman–Crippen MR) is 81.1 cm³/mol. The summed E-state index contributed by atoms with van der Waals surface area (Å²) in [6.07, 6.45) is -0.457. The molecule has 0 spiro atoms. The molecule has 1 atom stereocenters. The van der Waals surface area contributed by atoms with Crippen molar-refractivity contribution in [1.29, 1.82) is 0 Å². The van der Waals surface area contributed by atoms with Gasteiger partial charge in [0.15, 0.2) is 0 Å². The number of ether oxygens (including phenoxy) is 1. The van der Waals surface area contributed by atoms with Crippen molar-refractivity contribution in [2.75, 3.05) is 31.2 Å². The highest BCUT2D eigenvalue weighted by molar-refractivity contribution is 7.99. The molecule has 0 fully saturated rings. The molecule has 0 aromatic heterocycles. The summed E-state index contributed by atoms with van der Waals surface area (Å²) in [5.74, 6) is 3.03. The Balaban J connectivity index is 0.00000289. The number of halogens is 1. The molecule has 1 aromatic carbocycles. The van der Waals surface area contributed by atoms with Gasteiger partial charge in [0.25, 0.3) is 0 Å². The van der Waals surface area contributed by atoms with Crippen molar-refractivity contribution in [2.24, 2.45) is 0 Å². The van der Waals surface area contributed by atoms with Crippen LogP contribution in [-0.2, 0) is 0 Å². The van der Waals surface area contributed by atoms with Gasteiger partial charge in [-0.15, -0.1) is 12.4 Å². The van der Waals surface area contributed by atoms with Crippen LogP contribution in [0, 0.1) is 0 Å². The zero-order valence-electron chi connectivity index (χ0n) is 10.7. The number of aliphatic hydroxyl groups is 1. The minimum atomic E-state index is -0.457. The second-order valence-corrected chi connectivity index (χ2v) is 5.07. The second kappa shape index (κ2) is 11.7. The number of thioether (sulfide) groups is 1. The van der Waals surface area contributed by atoms with Crippen LogP contribution in [0.25, 0.3) is 0 Å². The monoisotopic (exact) mass is 291 g/mol. The SMILES string of the molecule is CCSCCNCC(O)COc1ccccc1.Cl. The fourth-order valence-corrected chi connectivity index (χ4v) is 1.90. The molecular weight excluding hydrogens is 270 g/mol. The minimum absolute atomic E-state index is 0. The fourth-order valence-electron chi connectivity index (χ4n) is 1.33. The lowest BCUT2D eigenvalue weighted by molar-refractivity contribution is 0.107. The lowest BCUT2D eigenvalue weighted by Gasteiger charge is -2.13. The van der Waals surface area contributed by atoms with Crippen LogP contribution in [0.15, 0.2) is 30.3 Å². The first-order valence-electron chi connectivity index (χ1n) is 5.97. The number of benzene rings is 1. The van der Waals surface area contributed by atoms with E-state index in [-0.39, 0.29) is 12.4 Å². The molecule has 1 rings (SSSR count). The molecule has 0 aliphatic rings. The Morgan fingerprint density at radius 1 is 1.33 bits per heavy atom. The Bertz CT molecular complexity index is 288. The quantitative estimate of drug-likeness (QED) is 0.685. The first kappa shape index (κ1) is 17.6. The van der Waals surface area contributed by atoms with Crippen molar-refractivity contribution >= 4 is 24.2 Å². The van der Waals surface area contributed by atoms with Gasteiger partial charge >= 0.3 is 0 Å². The number of hydrogen-bond donors (Lipinski definition) is 2. The first-order valence-corrected chi connectivity index (χ1v) is 7.12. The molecule has 104 valence electrons. The van der Waals surface area contributed by atoms with E-state index in [0.29, 0.717) is 13.2 Å². The van der Waals surface area contributed by atoms with Crippen LogP contribution in [0.2, 0.25) is 0 Å². The van der Waals surface area contributed by atoms with Crippen molar-refractivity contribution in [3.63, 3.8) is 0 Å². The zero-order valence-corrected chi connectivity index (χ0v) is 12.3. The van der Waals surface area contributed by atoms with Gasteiger partial charge in [0.2, 0.25) is 0 Å². The Labute approximate surface area is 120 Å². The molecule has 3 nitrogen and oxygen atoms in total. The van der Waals surface area contributed by atoms with Crippen molar-refractivity contribution in [2.45, 2.75) is 13.0 Å². The summed E-state index contributed by atoms with van der Waals surface area (Å²) in [5, 5.41) is 12.9. The van der Waals surface area contributed by atoms with Crippen LogP contribution < -0.4 is 10.1 Å². The fraction of sp³-hybridized carbons (Fsp3) is 0.538. The molecule has 0 saturated heterocycles. The van der Waals surface area contributed by atoms with E-state index in [1.807, 2.05) is 42.1 Å². The number of hydrogen-bond acceptors (Lipinski definition) is 4. The van der Waals surface area contributed by atoms with Gasteiger partial charge in [-0.05, 0) is 17.9 Å². The van der Waals surface area contributed by atoms with Gasteiger partial charge in [0, 0.05) is 18.8 Å². The van der Waals surface area contributed by atoms with Crippen LogP contribution in [0.5, 0.6) is 5.75 Å². The normalized spacial score (nSPS) is 11.7. The van der Waals surface area contributed by atoms with Crippen molar-refractivity contribution < 1.29 is 9.84 Å². The third-order valence-electron chi connectivity index (χ3n) is 2.19. The van der Waals surface area contributed by atoms with Crippen LogP contribution in [0.3, 0.4) is 0 Å². The molecule has 18 heavy (non-hydrogen) atoms. The Kier molecular flexibility index (Phi) is 11.4. The summed E-state index contributed by atoms with van der Waals surface area (Å²) in [6.45, 7) is 3.99. The van der Waals surface area contributed by atoms with Crippen molar-refractivity contribution in [3.05, 3.63) is 30.3 Å². The number of aliphatic hydroxyl groups excluding tert-OH is 1. The first-order chi connectivity index (χ1) is 8.33. The molecule has 0 aliphatic heterocycles. The van der Waals surface area contributed by atoms with Gasteiger partial charge in [-0.1, -0.05) is 25.1 Å². The average Bonchev–Trinajstić information content (AvgIpc) is 2.37. The smallest absolute Gasteiger partial charge is 0.119 e. The molecule has 0 amide bonds. The topological polar surface area (TPSA) is 41.5 Å². The van der Waals surface area contributed by atoms with Gasteiger partial charge in [-0.25, -0.2) is 0 Å². The van der Waals surface area contributed by atoms with Gasteiger partial charge < -0.3 is 15.2 Å². The maximum absolute atomic E-state index is 9.67. The summed E-state index contributed by atoms with van der Waals surface area (Å²) in [4.78, 5) is 0. The van der Waals surface area contributed by atoms with Crippen LogP contribution in [0.1, 0.15) is 6.92 Å². The predicted octanol–water partition coefficient (Wildman–Crippen LogP) is 2.19. The lowest BCUT2D eigenvalue weighted by Crippen LogP contribution is -2.32. The van der Waals surface area contributed by atoms with E-state index in [1.165, 1.54) is 0 Å². The van der Waals surface area contributed by atoms with E-state index in [2.05, 4.69) is 12.2 Å². The molecular formula is C13H22ClNO2S.